The van der Waals surface area contributed by atoms with Gasteiger partial charge in [0.1, 0.15) is 18.3 Å². The maximum Gasteiger partial charge on any atom is 0.264 e. The molecular weight excluding hydrogens is 526 g/mol. The van der Waals surface area contributed by atoms with Crippen molar-refractivity contribution in [2.75, 3.05) is 18.0 Å². The maximum absolute atomic E-state index is 14.1. The van der Waals surface area contributed by atoms with Gasteiger partial charge in [-0.15, -0.1) is 0 Å². The van der Waals surface area contributed by atoms with Gasteiger partial charge in [0.05, 0.1) is 17.7 Å². The minimum atomic E-state index is -4.14. The van der Waals surface area contributed by atoms with E-state index in [9.17, 15) is 18.0 Å². The quantitative estimate of drug-likeness (QED) is 0.339. The molecule has 0 aromatic heterocycles. The summed E-state index contributed by atoms with van der Waals surface area (Å²) < 4.78 is 34.3. The van der Waals surface area contributed by atoms with Gasteiger partial charge in [-0.3, -0.25) is 13.9 Å². The Morgan fingerprint density at radius 2 is 1.52 bits per heavy atom. The zero-order valence-corrected chi connectivity index (χ0v) is 24.9. The minimum absolute atomic E-state index is 0.0587. The highest BCUT2D eigenvalue weighted by Gasteiger charge is 2.34. The van der Waals surface area contributed by atoms with E-state index in [0.717, 1.165) is 21.0 Å². The Morgan fingerprint density at radius 1 is 0.925 bits per heavy atom. The third-order valence-electron chi connectivity index (χ3n) is 6.52. The lowest BCUT2D eigenvalue weighted by molar-refractivity contribution is -0.140. The number of aryl methyl sites for hydroxylation is 2. The first-order chi connectivity index (χ1) is 19.0. The predicted molar refractivity (Wildman–Crippen MR) is 158 cm³/mol. The van der Waals surface area contributed by atoms with Gasteiger partial charge in [-0.05, 0) is 63.9 Å². The number of ether oxygens (including phenoxy) is 1. The highest BCUT2D eigenvalue weighted by Crippen LogP contribution is 2.28. The van der Waals surface area contributed by atoms with Crippen molar-refractivity contribution in [3.63, 3.8) is 0 Å². The molecule has 2 amide bonds. The van der Waals surface area contributed by atoms with E-state index in [0.29, 0.717) is 12.2 Å². The van der Waals surface area contributed by atoms with Crippen LogP contribution >= 0.6 is 0 Å². The summed E-state index contributed by atoms with van der Waals surface area (Å²) in [4.78, 5) is 28.8. The second kappa shape index (κ2) is 13.5. The van der Waals surface area contributed by atoms with Gasteiger partial charge in [0.2, 0.25) is 11.8 Å². The topological polar surface area (TPSA) is 96.0 Å². The van der Waals surface area contributed by atoms with Gasteiger partial charge in [0.25, 0.3) is 10.0 Å². The van der Waals surface area contributed by atoms with Crippen LogP contribution in [0, 0.1) is 13.8 Å². The molecule has 3 aromatic rings. The Bertz CT molecular complexity index is 1400. The Hall–Kier alpha value is -3.85. The van der Waals surface area contributed by atoms with Crippen molar-refractivity contribution < 1.29 is 22.7 Å². The molecule has 0 heterocycles. The molecule has 0 aliphatic carbocycles. The fourth-order valence-corrected chi connectivity index (χ4v) is 5.73. The molecular formula is C31H39N3O5S. The number of nitrogens with one attached hydrogen (secondary N) is 1. The number of benzene rings is 3. The van der Waals surface area contributed by atoms with Gasteiger partial charge in [-0.25, -0.2) is 8.42 Å². The zero-order chi connectivity index (χ0) is 29.4. The summed E-state index contributed by atoms with van der Waals surface area (Å²) >= 11 is 0. The Balaban J connectivity index is 2.08. The number of amides is 2. The number of carbonyl (C=O) groups excluding carboxylic acids is 2. The van der Waals surface area contributed by atoms with Crippen molar-refractivity contribution >= 4 is 27.5 Å². The molecule has 0 spiro atoms. The molecule has 8 nitrogen and oxygen atoms in total. The van der Waals surface area contributed by atoms with Crippen molar-refractivity contribution in [1.82, 2.24) is 10.2 Å². The van der Waals surface area contributed by atoms with Crippen LogP contribution in [0.25, 0.3) is 0 Å². The van der Waals surface area contributed by atoms with Crippen LogP contribution in [-0.2, 0) is 26.2 Å². The molecule has 0 radical (unpaired) electrons. The molecule has 1 atom stereocenters. The smallest absolute Gasteiger partial charge is 0.264 e. The maximum atomic E-state index is 14.1. The zero-order valence-electron chi connectivity index (χ0n) is 24.0. The third-order valence-corrected chi connectivity index (χ3v) is 8.31. The molecule has 0 unspecified atom stereocenters. The number of rotatable bonds is 12. The summed E-state index contributed by atoms with van der Waals surface area (Å²) in [6, 6.07) is 19.8. The number of hydrogen-bond donors (Lipinski definition) is 1. The van der Waals surface area contributed by atoms with Crippen LogP contribution in [0.15, 0.2) is 77.7 Å². The van der Waals surface area contributed by atoms with Gasteiger partial charge < -0.3 is 15.0 Å². The van der Waals surface area contributed by atoms with Gasteiger partial charge in [0.15, 0.2) is 0 Å². The van der Waals surface area contributed by atoms with E-state index in [2.05, 4.69) is 5.32 Å². The average Bonchev–Trinajstić information content (AvgIpc) is 2.92. The molecule has 9 heteroatoms. The molecule has 0 saturated carbocycles. The Morgan fingerprint density at radius 3 is 2.08 bits per heavy atom. The van der Waals surface area contributed by atoms with Crippen molar-refractivity contribution in [2.24, 2.45) is 0 Å². The standard InChI is InChI=1S/C31H39N3O5S/c1-7-29(31(36)32-22(2)3)33(20-25-15-11-23(4)12-16-25)30(35)21-34(26-9-8-10-27(19-26)39-6)40(37,38)28-17-13-24(5)14-18-28/h8-19,22,29H,7,20-21H2,1-6H3,(H,32,36)/t29-/m0/s1. The highest BCUT2D eigenvalue weighted by atomic mass is 32.2. The summed E-state index contributed by atoms with van der Waals surface area (Å²) in [5.74, 6) is -0.328. The lowest BCUT2D eigenvalue weighted by Crippen LogP contribution is -2.53. The third kappa shape index (κ3) is 7.63. The van der Waals surface area contributed by atoms with E-state index >= 15 is 0 Å². The van der Waals surface area contributed by atoms with Crippen LogP contribution in [0.3, 0.4) is 0 Å². The monoisotopic (exact) mass is 565 g/mol. The Labute approximate surface area is 238 Å². The first kappa shape index (κ1) is 30.7. The van der Waals surface area contributed by atoms with E-state index < -0.39 is 28.5 Å². The lowest BCUT2D eigenvalue weighted by atomic mass is 10.1. The van der Waals surface area contributed by atoms with Crippen LogP contribution < -0.4 is 14.4 Å². The van der Waals surface area contributed by atoms with E-state index in [1.807, 2.05) is 58.9 Å². The van der Waals surface area contributed by atoms with Gasteiger partial charge >= 0.3 is 0 Å². The van der Waals surface area contributed by atoms with E-state index in [1.165, 1.54) is 24.1 Å². The molecule has 0 fully saturated rings. The minimum Gasteiger partial charge on any atom is -0.497 e. The lowest BCUT2D eigenvalue weighted by Gasteiger charge is -2.33. The highest BCUT2D eigenvalue weighted by molar-refractivity contribution is 7.92. The summed E-state index contributed by atoms with van der Waals surface area (Å²) in [7, 11) is -2.65. The molecule has 1 N–H and O–H groups in total. The normalized spacial score (nSPS) is 12.1. The number of anilines is 1. The van der Waals surface area contributed by atoms with Crippen molar-refractivity contribution in [3.8, 4) is 5.75 Å². The summed E-state index contributed by atoms with van der Waals surface area (Å²) in [5.41, 5.74) is 3.10. The van der Waals surface area contributed by atoms with E-state index in [1.54, 1.807) is 36.4 Å². The van der Waals surface area contributed by atoms with Gasteiger partial charge in [-0.1, -0.05) is 60.5 Å². The molecule has 40 heavy (non-hydrogen) atoms. The SMILES string of the molecule is CC[C@@H](C(=O)NC(C)C)N(Cc1ccc(C)cc1)C(=O)CN(c1cccc(OC)c1)S(=O)(=O)c1ccc(C)cc1. The second-order valence-corrected chi connectivity index (χ2v) is 12.0. The summed E-state index contributed by atoms with van der Waals surface area (Å²) in [6.45, 7) is 9.05. The van der Waals surface area contributed by atoms with Crippen LogP contribution in [0.2, 0.25) is 0 Å². The van der Waals surface area contributed by atoms with Crippen LogP contribution in [0.1, 0.15) is 43.9 Å². The Kier molecular flexibility index (Phi) is 10.3. The predicted octanol–water partition coefficient (Wildman–Crippen LogP) is 4.84. The molecule has 214 valence electrons. The summed E-state index contributed by atoms with van der Waals surface area (Å²) in [5, 5.41) is 2.90. The van der Waals surface area contributed by atoms with Crippen molar-refractivity contribution in [3.05, 3.63) is 89.5 Å². The number of methoxy groups -OCH3 is 1. The number of sulfonamides is 1. The largest absolute Gasteiger partial charge is 0.497 e. The van der Waals surface area contributed by atoms with Crippen LogP contribution in [0.5, 0.6) is 5.75 Å². The fraction of sp³-hybridized carbons (Fsp3) is 0.355. The molecule has 0 aliphatic rings. The van der Waals surface area contributed by atoms with Crippen molar-refractivity contribution in [2.45, 2.75) is 64.6 Å². The number of hydrogen-bond acceptors (Lipinski definition) is 5. The molecule has 3 rings (SSSR count). The molecule has 3 aromatic carbocycles. The fourth-order valence-electron chi connectivity index (χ4n) is 4.32. The van der Waals surface area contributed by atoms with E-state index in [4.69, 9.17) is 4.74 Å². The van der Waals surface area contributed by atoms with Gasteiger partial charge in [-0.2, -0.15) is 0 Å². The number of nitrogens with zero attached hydrogens (tertiary/aromatic N) is 2. The van der Waals surface area contributed by atoms with E-state index in [-0.39, 0.29) is 29.1 Å². The second-order valence-electron chi connectivity index (χ2n) is 10.1. The summed E-state index contributed by atoms with van der Waals surface area (Å²) in [6.07, 6.45) is 0.361. The van der Waals surface area contributed by atoms with Crippen LogP contribution in [-0.4, -0.2) is 50.9 Å². The van der Waals surface area contributed by atoms with Crippen molar-refractivity contribution in [1.29, 1.82) is 0 Å². The average molecular weight is 566 g/mol. The molecule has 0 saturated heterocycles. The molecule has 0 bridgehead atoms. The first-order valence-electron chi connectivity index (χ1n) is 13.3. The number of carbonyl (C=O) groups is 2. The van der Waals surface area contributed by atoms with Crippen LogP contribution in [0.4, 0.5) is 5.69 Å². The van der Waals surface area contributed by atoms with Gasteiger partial charge in [0, 0.05) is 18.7 Å². The first-order valence-corrected chi connectivity index (χ1v) is 14.8. The molecule has 0 aliphatic heterocycles.